The summed E-state index contributed by atoms with van der Waals surface area (Å²) in [5.74, 6) is 0.229. The molecule has 3 aliphatic rings. The van der Waals surface area contributed by atoms with Gasteiger partial charge in [0.1, 0.15) is 5.37 Å². The van der Waals surface area contributed by atoms with Crippen LogP contribution in [0.3, 0.4) is 0 Å². The van der Waals surface area contributed by atoms with E-state index in [1.807, 2.05) is 24.3 Å². The van der Waals surface area contributed by atoms with E-state index < -0.39 is 19.2 Å². The predicted octanol–water partition coefficient (Wildman–Crippen LogP) is 6.44. The zero-order valence-corrected chi connectivity index (χ0v) is 19.9. The van der Waals surface area contributed by atoms with Crippen LogP contribution in [-0.4, -0.2) is 33.5 Å². The number of hydrogen-bond acceptors (Lipinski definition) is 5. The minimum absolute atomic E-state index is 0.0419. The average Bonchev–Trinajstić information content (AvgIpc) is 3.38. The Morgan fingerprint density at radius 2 is 1.61 bits per heavy atom. The van der Waals surface area contributed by atoms with Gasteiger partial charge in [0.15, 0.2) is 0 Å². The summed E-state index contributed by atoms with van der Waals surface area (Å²) >= 11 is 1.27. The molecule has 1 aromatic carbocycles. The fourth-order valence-electron chi connectivity index (χ4n) is 4.89. The van der Waals surface area contributed by atoms with Crippen molar-refractivity contribution in [1.29, 1.82) is 0 Å². The first kappa shape index (κ1) is 23.1. The molecule has 2 N–H and O–H groups in total. The molecule has 0 bridgehead atoms. The molecule has 0 radical (unpaired) electrons. The Morgan fingerprint density at radius 3 is 2.16 bits per heavy atom. The third-order valence-corrected chi connectivity index (χ3v) is 10.3. The number of nitrogens with zero attached hydrogens (tertiary/aromatic N) is 1. The summed E-state index contributed by atoms with van der Waals surface area (Å²) in [5.41, 5.74) is 1.96. The van der Waals surface area contributed by atoms with Crippen LogP contribution in [0.15, 0.2) is 24.3 Å². The molecular formula is C22H33N2O5PS. The molecular weight excluding hydrogens is 435 g/mol. The molecule has 0 aromatic heterocycles. The first-order chi connectivity index (χ1) is 14.9. The van der Waals surface area contributed by atoms with Gasteiger partial charge in [-0.1, -0.05) is 63.8 Å². The SMILES string of the molecule is CC(C)c1ccccc1C(NC(=O)O)SN(C1CCCC1)P1(=O)OC2CCCCC2O1. The molecule has 2 aliphatic carbocycles. The third-order valence-electron chi connectivity index (χ3n) is 6.43. The first-order valence-electron chi connectivity index (χ1n) is 11.4. The van der Waals surface area contributed by atoms with E-state index in [9.17, 15) is 14.5 Å². The van der Waals surface area contributed by atoms with Crippen LogP contribution in [0.25, 0.3) is 0 Å². The van der Waals surface area contributed by atoms with Gasteiger partial charge in [0.2, 0.25) is 0 Å². The van der Waals surface area contributed by atoms with E-state index in [4.69, 9.17) is 9.05 Å². The molecule has 1 heterocycles. The van der Waals surface area contributed by atoms with Gasteiger partial charge in [-0.25, -0.2) is 9.36 Å². The molecule has 7 nitrogen and oxygen atoms in total. The minimum Gasteiger partial charge on any atom is -0.465 e. The number of hydrogen-bond donors (Lipinski definition) is 2. The van der Waals surface area contributed by atoms with Crippen molar-refractivity contribution < 1.29 is 23.5 Å². The molecule has 9 heteroatoms. The molecule has 1 saturated heterocycles. The Labute approximate surface area is 189 Å². The average molecular weight is 469 g/mol. The maximum Gasteiger partial charge on any atom is 0.418 e. The summed E-state index contributed by atoms with van der Waals surface area (Å²) in [7, 11) is -3.53. The smallest absolute Gasteiger partial charge is 0.418 e. The van der Waals surface area contributed by atoms with Crippen molar-refractivity contribution in [2.75, 3.05) is 0 Å². The van der Waals surface area contributed by atoms with E-state index in [0.717, 1.165) is 62.5 Å². The second-order valence-corrected chi connectivity index (χ2v) is 12.1. The Morgan fingerprint density at radius 1 is 1.06 bits per heavy atom. The number of nitrogens with one attached hydrogen (secondary N) is 1. The molecule has 3 fully saturated rings. The van der Waals surface area contributed by atoms with Crippen LogP contribution < -0.4 is 5.32 Å². The van der Waals surface area contributed by atoms with Crippen LogP contribution in [0.1, 0.15) is 87.6 Å². The zero-order valence-electron chi connectivity index (χ0n) is 18.2. The highest BCUT2D eigenvalue weighted by atomic mass is 32.2. The minimum atomic E-state index is -3.53. The van der Waals surface area contributed by atoms with Crippen molar-refractivity contribution in [3.05, 3.63) is 35.4 Å². The van der Waals surface area contributed by atoms with Gasteiger partial charge >= 0.3 is 13.8 Å². The fourth-order valence-corrected chi connectivity index (χ4v) is 8.98. The number of benzene rings is 1. The van der Waals surface area contributed by atoms with Crippen LogP contribution in [-0.2, 0) is 13.6 Å². The molecule has 1 aliphatic heterocycles. The van der Waals surface area contributed by atoms with Crippen molar-refractivity contribution in [2.45, 2.75) is 94.8 Å². The summed E-state index contributed by atoms with van der Waals surface area (Å²) in [5, 5.41) is 11.6. The Bertz CT molecular complexity index is 814. The highest BCUT2D eigenvalue weighted by molar-refractivity contribution is 8.01. The number of amides is 1. The van der Waals surface area contributed by atoms with Gasteiger partial charge in [-0.15, -0.1) is 4.08 Å². The predicted molar refractivity (Wildman–Crippen MR) is 122 cm³/mol. The summed E-state index contributed by atoms with van der Waals surface area (Å²) in [4.78, 5) is 11.7. The molecule has 3 unspecified atom stereocenters. The summed E-state index contributed by atoms with van der Waals surface area (Å²) in [6.07, 6.45) is 6.43. The van der Waals surface area contributed by atoms with E-state index in [1.54, 1.807) is 4.08 Å². The molecule has 2 saturated carbocycles. The van der Waals surface area contributed by atoms with Crippen molar-refractivity contribution in [2.24, 2.45) is 0 Å². The van der Waals surface area contributed by atoms with E-state index in [0.29, 0.717) is 0 Å². The third kappa shape index (κ3) is 5.14. The van der Waals surface area contributed by atoms with Crippen molar-refractivity contribution in [1.82, 2.24) is 9.39 Å². The topological polar surface area (TPSA) is 88.1 Å². The molecule has 0 spiro atoms. The fraction of sp³-hybridized carbons (Fsp3) is 0.682. The zero-order chi connectivity index (χ0) is 22.0. The second kappa shape index (κ2) is 9.84. The highest BCUT2D eigenvalue weighted by Gasteiger charge is 2.52. The lowest BCUT2D eigenvalue weighted by atomic mass is 9.95. The highest BCUT2D eigenvalue weighted by Crippen LogP contribution is 2.66. The largest absolute Gasteiger partial charge is 0.465 e. The lowest BCUT2D eigenvalue weighted by Gasteiger charge is -2.34. The maximum absolute atomic E-state index is 14.0. The van der Waals surface area contributed by atoms with Gasteiger partial charge in [-0.05, 0) is 54.7 Å². The van der Waals surface area contributed by atoms with Gasteiger partial charge in [-0.2, -0.15) is 0 Å². The Balaban J connectivity index is 1.66. The second-order valence-electron chi connectivity index (χ2n) is 9.00. The van der Waals surface area contributed by atoms with Gasteiger partial charge in [0.05, 0.1) is 12.2 Å². The summed E-state index contributed by atoms with van der Waals surface area (Å²) < 4.78 is 28.0. The van der Waals surface area contributed by atoms with Gasteiger partial charge in [0.25, 0.3) is 0 Å². The van der Waals surface area contributed by atoms with Crippen LogP contribution in [0.5, 0.6) is 0 Å². The first-order valence-corrected chi connectivity index (χ1v) is 13.7. The van der Waals surface area contributed by atoms with Crippen molar-refractivity contribution in [3.63, 3.8) is 0 Å². The van der Waals surface area contributed by atoms with Crippen LogP contribution in [0.4, 0.5) is 4.79 Å². The molecule has 1 amide bonds. The van der Waals surface area contributed by atoms with E-state index in [2.05, 4.69) is 19.2 Å². The molecule has 4 rings (SSSR count). The molecule has 1 aromatic rings. The van der Waals surface area contributed by atoms with E-state index >= 15 is 0 Å². The van der Waals surface area contributed by atoms with Gasteiger partial charge < -0.3 is 10.4 Å². The standard InChI is InChI=1S/C22H33N2O5PS/c1-15(2)17-11-5-6-12-18(17)21(23-22(25)26)31-24(16-9-3-4-10-16)30(27)28-19-13-7-8-14-20(19)29-30/h5-6,11-12,15-16,19-21,23H,3-4,7-10,13-14H2,1-2H3,(H,25,26). The normalized spacial score (nSPS) is 29.9. The Hall–Kier alpha value is -1.05. The van der Waals surface area contributed by atoms with Crippen LogP contribution in [0, 0.1) is 0 Å². The number of fused-ring (bicyclic) bond motifs is 1. The van der Waals surface area contributed by atoms with Crippen molar-refractivity contribution in [3.8, 4) is 0 Å². The number of carboxylic acid groups (broad SMARTS) is 1. The molecule has 172 valence electrons. The molecule has 3 atom stereocenters. The van der Waals surface area contributed by atoms with Crippen molar-refractivity contribution >= 4 is 25.8 Å². The summed E-state index contributed by atoms with van der Waals surface area (Å²) in [6.45, 7) is 4.18. The quantitative estimate of drug-likeness (QED) is 0.271. The van der Waals surface area contributed by atoms with Crippen LogP contribution in [0.2, 0.25) is 0 Å². The lowest BCUT2D eigenvalue weighted by molar-refractivity contribution is 0.110. The number of carbonyl (C=O) groups is 1. The Kier molecular flexibility index (Phi) is 7.34. The number of rotatable bonds is 7. The summed E-state index contributed by atoms with van der Waals surface area (Å²) in [6, 6.07) is 7.89. The van der Waals surface area contributed by atoms with Gasteiger partial charge in [0, 0.05) is 6.04 Å². The van der Waals surface area contributed by atoms with E-state index in [-0.39, 0.29) is 24.2 Å². The maximum atomic E-state index is 14.0. The molecule has 31 heavy (non-hydrogen) atoms. The van der Waals surface area contributed by atoms with Crippen LogP contribution >= 0.6 is 19.7 Å². The van der Waals surface area contributed by atoms with E-state index in [1.165, 1.54) is 11.9 Å². The lowest BCUT2D eigenvalue weighted by Crippen LogP contribution is -2.32. The van der Waals surface area contributed by atoms with Gasteiger partial charge in [-0.3, -0.25) is 9.05 Å². The monoisotopic (exact) mass is 468 g/mol.